The molecule has 1 aliphatic heterocycles. The van der Waals surface area contributed by atoms with E-state index in [1.54, 1.807) is 23.8 Å². The van der Waals surface area contributed by atoms with Crippen LogP contribution in [0.1, 0.15) is 32.0 Å². The second-order valence-electron chi connectivity index (χ2n) is 11.2. The van der Waals surface area contributed by atoms with Crippen molar-refractivity contribution in [1.82, 2.24) is 19.2 Å². The van der Waals surface area contributed by atoms with Gasteiger partial charge >= 0.3 is 0 Å². The molecule has 8 nitrogen and oxygen atoms in total. The fraction of sp³-hybridized carbons (Fsp3) is 0.333. The Morgan fingerprint density at radius 3 is 2.52 bits per heavy atom. The van der Waals surface area contributed by atoms with Crippen molar-refractivity contribution >= 4 is 33.0 Å². The van der Waals surface area contributed by atoms with Gasteiger partial charge in [0.05, 0.1) is 25.1 Å². The molecule has 0 radical (unpaired) electrons. The molecular formula is C30H35N5O3S2. The van der Waals surface area contributed by atoms with Crippen LogP contribution in [0.2, 0.25) is 0 Å². The predicted octanol–water partition coefficient (Wildman–Crippen LogP) is 4.69. The summed E-state index contributed by atoms with van der Waals surface area (Å²) in [5, 5.41) is 4.69. The van der Waals surface area contributed by atoms with Crippen LogP contribution in [0.3, 0.4) is 0 Å². The third-order valence-electron chi connectivity index (χ3n) is 6.96. The number of hydrogen-bond donors (Lipinski definition) is 1. The molecule has 0 aliphatic carbocycles. The number of sulfonamides is 1. The van der Waals surface area contributed by atoms with E-state index in [0.29, 0.717) is 19.5 Å². The lowest BCUT2D eigenvalue weighted by atomic mass is 9.93. The van der Waals surface area contributed by atoms with Gasteiger partial charge in [0.15, 0.2) is 0 Å². The molecule has 4 aromatic rings. The Morgan fingerprint density at radius 2 is 1.88 bits per heavy atom. The Balaban J connectivity index is 1.56. The van der Waals surface area contributed by atoms with E-state index in [2.05, 4.69) is 45.5 Å². The van der Waals surface area contributed by atoms with E-state index in [1.807, 2.05) is 56.8 Å². The number of aryl methyl sites for hydroxylation is 1. The van der Waals surface area contributed by atoms with Crippen LogP contribution in [0.4, 0.5) is 5.69 Å². The lowest BCUT2D eigenvalue weighted by Gasteiger charge is -2.40. The molecule has 1 N–H and O–H groups in total. The van der Waals surface area contributed by atoms with Crippen LogP contribution in [0.15, 0.2) is 82.8 Å². The zero-order chi connectivity index (χ0) is 28.5. The van der Waals surface area contributed by atoms with Gasteiger partial charge in [-0.15, -0.1) is 11.3 Å². The van der Waals surface area contributed by atoms with Crippen molar-refractivity contribution < 1.29 is 13.2 Å². The molecule has 1 aliphatic rings. The fourth-order valence-corrected chi connectivity index (χ4v) is 7.84. The summed E-state index contributed by atoms with van der Waals surface area (Å²) in [6.07, 6.45) is 4.09. The fourth-order valence-electron chi connectivity index (χ4n) is 5.15. The molecule has 210 valence electrons. The topological polar surface area (TPSA) is 87.5 Å². The van der Waals surface area contributed by atoms with E-state index in [1.165, 1.54) is 15.6 Å². The standard InChI is InChI=1S/C30H35N5O3S2/c1-30(2,3)32-28(36)20-35(40(37,38)29-11-8-14-39-29)25-16-24-15-23(22-9-6-5-7-10-22)12-13-27(24)34(18-25)19-26-17-31-21-33(26)4/h5-15,17,21,25H,16,18-20H2,1-4H3,(H,32,36). The summed E-state index contributed by atoms with van der Waals surface area (Å²) in [5.74, 6) is -0.324. The maximum absolute atomic E-state index is 14.0. The number of fused-ring (bicyclic) bond motifs is 1. The molecule has 0 fully saturated rings. The van der Waals surface area contributed by atoms with Gasteiger partial charge in [-0.05, 0) is 67.5 Å². The largest absolute Gasteiger partial charge is 0.364 e. The Morgan fingerprint density at radius 1 is 1.10 bits per heavy atom. The van der Waals surface area contributed by atoms with E-state index in [-0.39, 0.29) is 16.7 Å². The molecule has 3 heterocycles. The first-order valence-corrected chi connectivity index (χ1v) is 15.6. The van der Waals surface area contributed by atoms with Crippen LogP contribution in [0.5, 0.6) is 0 Å². The van der Waals surface area contributed by atoms with E-state index in [0.717, 1.165) is 28.1 Å². The Bertz CT molecular complexity index is 1580. The Labute approximate surface area is 240 Å². The second kappa shape index (κ2) is 11.2. The smallest absolute Gasteiger partial charge is 0.253 e. The molecule has 1 amide bonds. The van der Waals surface area contributed by atoms with Gasteiger partial charge in [-0.25, -0.2) is 13.4 Å². The van der Waals surface area contributed by atoms with Crippen molar-refractivity contribution in [3.05, 3.63) is 89.8 Å². The molecule has 0 spiro atoms. The molecule has 0 bridgehead atoms. The summed E-state index contributed by atoms with van der Waals surface area (Å²) in [7, 11) is -1.97. The molecule has 1 unspecified atom stereocenters. The maximum Gasteiger partial charge on any atom is 0.253 e. The third kappa shape index (κ3) is 6.14. The number of imidazole rings is 1. The number of carbonyl (C=O) groups excluding carboxylic acids is 1. The second-order valence-corrected chi connectivity index (χ2v) is 14.3. The van der Waals surface area contributed by atoms with Crippen molar-refractivity contribution in [1.29, 1.82) is 0 Å². The number of amides is 1. The summed E-state index contributed by atoms with van der Waals surface area (Å²) in [6, 6.07) is 19.4. The average Bonchev–Trinajstić information content (AvgIpc) is 3.59. The van der Waals surface area contributed by atoms with E-state index in [9.17, 15) is 13.2 Å². The lowest BCUT2D eigenvalue weighted by molar-refractivity contribution is -0.123. The van der Waals surface area contributed by atoms with Gasteiger partial charge in [0.2, 0.25) is 5.91 Å². The number of aromatic nitrogens is 2. The normalized spacial score (nSPS) is 15.7. The number of carbonyl (C=O) groups is 1. The molecule has 2 aromatic carbocycles. The van der Waals surface area contributed by atoms with Gasteiger partial charge in [0, 0.05) is 37.1 Å². The molecule has 2 aromatic heterocycles. The van der Waals surface area contributed by atoms with Gasteiger partial charge in [-0.2, -0.15) is 4.31 Å². The number of thiophene rings is 1. The summed E-state index contributed by atoms with van der Waals surface area (Å²) < 4.78 is 31.6. The van der Waals surface area contributed by atoms with Gasteiger partial charge in [0.1, 0.15) is 4.21 Å². The average molecular weight is 578 g/mol. The minimum atomic E-state index is -3.92. The van der Waals surface area contributed by atoms with Crippen LogP contribution >= 0.6 is 11.3 Å². The SMILES string of the molecule is Cn1cncc1CN1CC(N(CC(=O)NC(C)(C)C)S(=O)(=O)c2cccs2)Cc2cc(-c3ccccc3)ccc21. The summed E-state index contributed by atoms with van der Waals surface area (Å²) in [5.41, 5.74) is 4.80. The molecule has 10 heteroatoms. The van der Waals surface area contributed by atoms with Crippen LogP contribution in [0.25, 0.3) is 11.1 Å². The number of nitrogens with one attached hydrogen (secondary N) is 1. The Kier molecular flexibility index (Phi) is 7.85. The van der Waals surface area contributed by atoms with Crippen LogP contribution in [-0.4, -0.2) is 52.9 Å². The maximum atomic E-state index is 14.0. The number of benzene rings is 2. The van der Waals surface area contributed by atoms with Crippen molar-refractivity contribution in [3.8, 4) is 11.1 Å². The van der Waals surface area contributed by atoms with Crippen LogP contribution < -0.4 is 10.2 Å². The van der Waals surface area contributed by atoms with Crippen LogP contribution in [-0.2, 0) is 34.8 Å². The highest BCUT2D eigenvalue weighted by molar-refractivity contribution is 7.91. The van der Waals surface area contributed by atoms with Gasteiger partial charge in [0.25, 0.3) is 10.0 Å². The number of nitrogens with zero attached hydrogens (tertiary/aromatic N) is 4. The van der Waals surface area contributed by atoms with Crippen molar-refractivity contribution in [2.24, 2.45) is 7.05 Å². The summed E-state index contributed by atoms with van der Waals surface area (Å²) in [6.45, 7) is 6.42. The number of hydrogen-bond acceptors (Lipinski definition) is 6. The minimum absolute atomic E-state index is 0.234. The summed E-state index contributed by atoms with van der Waals surface area (Å²) >= 11 is 1.17. The van der Waals surface area contributed by atoms with E-state index < -0.39 is 21.6 Å². The highest BCUT2D eigenvalue weighted by Gasteiger charge is 2.38. The monoisotopic (exact) mass is 577 g/mol. The zero-order valence-corrected chi connectivity index (χ0v) is 24.9. The minimum Gasteiger partial charge on any atom is -0.364 e. The molecule has 1 atom stereocenters. The first-order valence-electron chi connectivity index (χ1n) is 13.3. The van der Waals surface area contributed by atoms with Crippen molar-refractivity contribution in [2.45, 2.75) is 49.5 Å². The quantitative estimate of drug-likeness (QED) is 0.329. The Hall–Kier alpha value is -3.47. The molecule has 5 rings (SSSR count). The van der Waals surface area contributed by atoms with Crippen molar-refractivity contribution in [2.75, 3.05) is 18.0 Å². The highest BCUT2D eigenvalue weighted by Crippen LogP contribution is 2.35. The third-order valence-corrected chi connectivity index (χ3v) is 10.2. The van der Waals surface area contributed by atoms with Gasteiger partial charge < -0.3 is 14.8 Å². The van der Waals surface area contributed by atoms with Gasteiger partial charge in [-0.1, -0.05) is 42.5 Å². The summed E-state index contributed by atoms with van der Waals surface area (Å²) in [4.78, 5) is 19.6. The molecule has 0 saturated heterocycles. The molecule has 40 heavy (non-hydrogen) atoms. The highest BCUT2D eigenvalue weighted by atomic mass is 32.2. The molecule has 0 saturated carbocycles. The van der Waals surface area contributed by atoms with E-state index in [4.69, 9.17) is 0 Å². The van der Waals surface area contributed by atoms with Crippen molar-refractivity contribution in [3.63, 3.8) is 0 Å². The first-order chi connectivity index (χ1) is 19.0. The zero-order valence-electron chi connectivity index (χ0n) is 23.2. The first kappa shape index (κ1) is 28.1. The molecular weight excluding hydrogens is 542 g/mol. The number of rotatable bonds is 8. The number of anilines is 1. The lowest BCUT2D eigenvalue weighted by Crippen LogP contribution is -2.54. The predicted molar refractivity (Wildman–Crippen MR) is 160 cm³/mol. The van der Waals surface area contributed by atoms with Gasteiger partial charge in [-0.3, -0.25) is 4.79 Å². The van der Waals surface area contributed by atoms with E-state index >= 15 is 0 Å². The van der Waals surface area contributed by atoms with Crippen LogP contribution in [0, 0.1) is 0 Å².